The van der Waals surface area contributed by atoms with Crippen molar-refractivity contribution in [3.8, 4) is 0 Å². The summed E-state index contributed by atoms with van der Waals surface area (Å²) in [4.78, 5) is 15.6. The third-order valence-corrected chi connectivity index (χ3v) is 3.07. The summed E-state index contributed by atoms with van der Waals surface area (Å²) in [5.74, 6) is 0.0690. The number of carbonyl (C=O) groups excluding carboxylic acids is 1. The first kappa shape index (κ1) is 11.1. The Labute approximate surface area is 95.2 Å². The first-order valence-corrected chi connectivity index (χ1v) is 5.72. The van der Waals surface area contributed by atoms with E-state index in [9.17, 15) is 4.79 Å². The highest BCUT2D eigenvalue weighted by molar-refractivity contribution is 5.78. The molecule has 1 amide bonds. The van der Waals surface area contributed by atoms with Gasteiger partial charge >= 0.3 is 0 Å². The van der Waals surface area contributed by atoms with Gasteiger partial charge in [0.05, 0.1) is 18.9 Å². The summed E-state index contributed by atoms with van der Waals surface area (Å²) >= 11 is 0. The van der Waals surface area contributed by atoms with Crippen molar-refractivity contribution in [2.45, 2.75) is 31.3 Å². The molecule has 5 nitrogen and oxygen atoms in total. The highest BCUT2D eigenvalue weighted by Crippen LogP contribution is 2.29. The Balaban J connectivity index is 1.96. The van der Waals surface area contributed by atoms with Crippen LogP contribution in [0.4, 0.5) is 0 Å². The highest BCUT2D eigenvalue weighted by Gasteiger charge is 2.29. The minimum atomic E-state index is 0.0690. The number of rotatable bonds is 4. The minimum Gasteiger partial charge on any atom is -0.350 e. The van der Waals surface area contributed by atoms with Crippen molar-refractivity contribution in [2.75, 3.05) is 13.6 Å². The molecule has 1 aromatic heterocycles. The quantitative estimate of drug-likeness (QED) is 0.771. The topological polar surface area (TPSA) is 59.0 Å². The van der Waals surface area contributed by atoms with E-state index in [1.54, 1.807) is 13.2 Å². The second kappa shape index (κ2) is 5.12. The van der Waals surface area contributed by atoms with Crippen LogP contribution in [0.5, 0.6) is 0 Å². The summed E-state index contributed by atoms with van der Waals surface area (Å²) in [5, 5.41) is 5.93. The van der Waals surface area contributed by atoms with Crippen LogP contribution in [0.1, 0.15) is 25.3 Å². The van der Waals surface area contributed by atoms with Crippen molar-refractivity contribution in [3.63, 3.8) is 0 Å². The average Bonchev–Trinajstić information content (AvgIpc) is 2.86. The smallest absolute Gasteiger partial charge is 0.234 e. The Hall–Kier alpha value is -1.36. The summed E-state index contributed by atoms with van der Waals surface area (Å²) < 4.78 is 2.09. The zero-order valence-corrected chi connectivity index (χ0v) is 9.52. The Morgan fingerprint density at radius 2 is 2.44 bits per heavy atom. The lowest BCUT2D eigenvalue weighted by Gasteiger charge is -2.22. The second-order valence-electron chi connectivity index (χ2n) is 4.21. The van der Waals surface area contributed by atoms with Gasteiger partial charge in [-0.1, -0.05) is 0 Å². The predicted octanol–water partition coefficient (Wildman–Crippen LogP) is 0.312. The fraction of sp³-hybridized carbons (Fsp3) is 0.636. The molecule has 1 heterocycles. The molecule has 1 aliphatic rings. The van der Waals surface area contributed by atoms with Crippen LogP contribution in [0.25, 0.3) is 0 Å². The number of aromatic nitrogens is 2. The zero-order valence-electron chi connectivity index (χ0n) is 9.52. The van der Waals surface area contributed by atoms with Crippen molar-refractivity contribution >= 4 is 5.91 Å². The number of nitrogens with zero attached hydrogens (tertiary/aromatic N) is 2. The molecule has 2 unspecified atom stereocenters. The molecule has 2 rings (SSSR count). The lowest BCUT2D eigenvalue weighted by molar-refractivity contribution is -0.121. The van der Waals surface area contributed by atoms with Gasteiger partial charge in [-0.15, -0.1) is 0 Å². The van der Waals surface area contributed by atoms with Gasteiger partial charge in [-0.3, -0.25) is 4.79 Å². The molecule has 1 aliphatic carbocycles. The molecule has 0 aromatic carbocycles. The van der Waals surface area contributed by atoms with Crippen molar-refractivity contribution in [3.05, 3.63) is 18.7 Å². The molecule has 0 spiro atoms. The number of nitrogens with one attached hydrogen (secondary N) is 2. The lowest BCUT2D eigenvalue weighted by atomic mass is 10.1. The maximum absolute atomic E-state index is 11.5. The SMILES string of the molecule is CNCC(=O)NC1CCCC1n1ccnc1. The van der Waals surface area contributed by atoms with Gasteiger partial charge in [-0.05, 0) is 26.3 Å². The molecule has 2 N–H and O–H groups in total. The van der Waals surface area contributed by atoms with E-state index in [1.807, 2.05) is 12.5 Å². The Morgan fingerprint density at radius 1 is 1.56 bits per heavy atom. The van der Waals surface area contributed by atoms with Gasteiger partial charge in [-0.2, -0.15) is 0 Å². The number of hydrogen-bond acceptors (Lipinski definition) is 3. The molecule has 0 aliphatic heterocycles. The van der Waals surface area contributed by atoms with Crippen LogP contribution in [0.2, 0.25) is 0 Å². The summed E-state index contributed by atoms with van der Waals surface area (Å²) in [6.07, 6.45) is 8.90. The molecule has 0 bridgehead atoms. The first-order valence-electron chi connectivity index (χ1n) is 5.72. The Bertz CT molecular complexity index is 336. The monoisotopic (exact) mass is 222 g/mol. The van der Waals surface area contributed by atoms with Crippen molar-refractivity contribution in [2.24, 2.45) is 0 Å². The van der Waals surface area contributed by atoms with Gasteiger partial charge in [0.15, 0.2) is 0 Å². The Kier molecular flexibility index (Phi) is 3.56. The van der Waals surface area contributed by atoms with Gasteiger partial charge in [0.1, 0.15) is 0 Å². The summed E-state index contributed by atoms with van der Waals surface area (Å²) in [7, 11) is 1.78. The normalized spacial score (nSPS) is 24.6. The number of amides is 1. The second-order valence-corrected chi connectivity index (χ2v) is 4.21. The molecule has 1 fully saturated rings. The predicted molar refractivity (Wildman–Crippen MR) is 61.0 cm³/mol. The van der Waals surface area contributed by atoms with Gasteiger partial charge < -0.3 is 15.2 Å². The maximum atomic E-state index is 11.5. The summed E-state index contributed by atoms with van der Waals surface area (Å²) in [6, 6.07) is 0.610. The van der Waals surface area contributed by atoms with Crippen LogP contribution in [0, 0.1) is 0 Å². The van der Waals surface area contributed by atoms with E-state index < -0.39 is 0 Å². The summed E-state index contributed by atoms with van der Waals surface area (Å²) in [5.41, 5.74) is 0. The molecule has 5 heteroatoms. The number of hydrogen-bond donors (Lipinski definition) is 2. The fourth-order valence-electron chi connectivity index (χ4n) is 2.35. The molecular weight excluding hydrogens is 204 g/mol. The molecule has 16 heavy (non-hydrogen) atoms. The van der Waals surface area contributed by atoms with Gasteiger partial charge in [0.2, 0.25) is 5.91 Å². The van der Waals surface area contributed by atoms with Crippen LogP contribution < -0.4 is 10.6 Å². The molecule has 1 aromatic rings. The molecule has 88 valence electrons. The standard InChI is InChI=1S/C11H18N4O/c1-12-7-11(16)14-9-3-2-4-10(9)15-6-5-13-8-15/h5-6,8-10,12H,2-4,7H2,1H3,(H,14,16). The van der Waals surface area contributed by atoms with E-state index in [0.717, 1.165) is 19.3 Å². The van der Waals surface area contributed by atoms with E-state index in [4.69, 9.17) is 0 Å². The van der Waals surface area contributed by atoms with Crippen LogP contribution in [-0.2, 0) is 4.79 Å². The maximum Gasteiger partial charge on any atom is 0.234 e. The minimum absolute atomic E-state index is 0.0690. The van der Waals surface area contributed by atoms with Crippen LogP contribution in [-0.4, -0.2) is 35.1 Å². The fourth-order valence-corrected chi connectivity index (χ4v) is 2.35. The van der Waals surface area contributed by atoms with Gasteiger partial charge in [0.25, 0.3) is 0 Å². The number of imidazole rings is 1. The van der Waals surface area contributed by atoms with Crippen LogP contribution in [0.15, 0.2) is 18.7 Å². The first-order chi connectivity index (χ1) is 7.81. The van der Waals surface area contributed by atoms with Crippen molar-refractivity contribution in [1.29, 1.82) is 0 Å². The largest absolute Gasteiger partial charge is 0.350 e. The molecule has 0 radical (unpaired) electrons. The van der Waals surface area contributed by atoms with E-state index in [1.165, 1.54) is 0 Å². The van der Waals surface area contributed by atoms with Crippen molar-refractivity contribution in [1.82, 2.24) is 20.2 Å². The third-order valence-electron chi connectivity index (χ3n) is 3.07. The van der Waals surface area contributed by atoms with Crippen LogP contribution >= 0.6 is 0 Å². The zero-order chi connectivity index (χ0) is 11.4. The number of carbonyl (C=O) groups is 1. The average molecular weight is 222 g/mol. The van der Waals surface area contributed by atoms with Crippen LogP contribution in [0.3, 0.4) is 0 Å². The van der Waals surface area contributed by atoms with E-state index in [2.05, 4.69) is 20.2 Å². The van der Waals surface area contributed by atoms with E-state index in [0.29, 0.717) is 12.6 Å². The number of likely N-dealkylation sites (N-methyl/N-ethyl adjacent to an activating group) is 1. The molecule has 0 saturated heterocycles. The van der Waals surface area contributed by atoms with E-state index in [-0.39, 0.29) is 11.9 Å². The Morgan fingerprint density at radius 3 is 3.12 bits per heavy atom. The third kappa shape index (κ3) is 2.41. The van der Waals surface area contributed by atoms with Gasteiger partial charge in [0, 0.05) is 18.4 Å². The van der Waals surface area contributed by atoms with E-state index >= 15 is 0 Å². The van der Waals surface area contributed by atoms with Gasteiger partial charge in [-0.25, -0.2) is 4.98 Å². The molecule has 2 atom stereocenters. The molecular formula is C11H18N4O. The summed E-state index contributed by atoms with van der Waals surface area (Å²) in [6.45, 7) is 0.382. The lowest BCUT2D eigenvalue weighted by Crippen LogP contribution is -2.41. The highest BCUT2D eigenvalue weighted by atomic mass is 16.2. The van der Waals surface area contributed by atoms with Crippen molar-refractivity contribution < 1.29 is 4.79 Å². The molecule has 1 saturated carbocycles.